The zero-order valence-electron chi connectivity index (χ0n) is 10.3. The molecule has 0 radical (unpaired) electrons. The maximum absolute atomic E-state index is 11.0. The number of carbonyl (C=O) groups is 1. The molecule has 18 heavy (non-hydrogen) atoms. The number of aromatic carboxylic acids is 1. The third-order valence-corrected chi connectivity index (χ3v) is 2.52. The van der Waals surface area contributed by atoms with Crippen LogP contribution in [0.5, 0.6) is 5.75 Å². The Morgan fingerprint density at radius 1 is 1.06 bits per heavy atom. The fourth-order valence-corrected chi connectivity index (χ4v) is 1.76. The summed E-state index contributed by atoms with van der Waals surface area (Å²) in [5.74, 6) is -0.904. The second-order valence-electron chi connectivity index (χ2n) is 3.54. The monoisotopic (exact) mass is 250 g/mol. The van der Waals surface area contributed by atoms with Gasteiger partial charge in [0.05, 0.1) is 13.1 Å². The van der Waals surface area contributed by atoms with Gasteiger partial charge in [0.1, 0.15) is 5.75 Å². The van der Waals surface area contributed by atoms with Crippen LogP contribution in [0.1, 0.15) is 10.4 Å². The van der Waals surface area contributed by atoms with Gasteiger partial charge in [-0.2, -0.15) is 0 Å². The number of hydrogen-bond donors (Lipinski definition) is 0. The Morgan fingerprint density at radius 2 is 1.72 bits per heavy atom. The van der Waals surface area contributed by atoms with Gasteiger partial charge in [0.2, 0.25) is 0 Å². The zero-order chi connectivity index (χ0) is 12.3. The number of rotatable bonds is 3. The Morgan fingerprint density at radius 3 is 2.28 bits per heavy atom. The second kappa shape index (κ2) is 6.59. The van der Waals surface area contributed by atoms with Crippen molar-refractivity contribution < 1.29 is 44.2 Å². The molecule has 0 saturated heterocycles. The molecule has 3 nitrogen and oxygen atoms in total. The molecule has 0 fully saturated rings. The Bertz CT molecular complexity index is 538. The molecule has 86 valence electrons. The van der Waals surface area contributed by atoms with Crippen LogP contribution in [0.15, 0.2) is 48.5 Å². The molecule has 0 aliphatic carbocycles. The maximum atomic E-state index is 11.0. The first-order chi connectivity index (χ1) is 8.24. The number of hydrogen-bond acceptors (Lipinski definition) is 3. The van der Waals surface area contributed by atoms with Crippen molar-refractivity contribution in [2.75, 3.05) is 7.11 Å². The molecular weight excluding hydrogens is 239 g/mol. The molecule has 0 aliphatic heterocycles. The standard InChI is InChI=1S/C14H12O3.Na/c1-17-13-11(10-6-3-2-4-7-10)8-5-9-12(13)14(15)16;/h2-9H,1H3,(H,15,16);/q;+1/p-1. The number of ether oxygens (including phenoxy) is 1. The van der Waals surface area contributed by atoms with Crippen molar-refractivity contribution >= 4 is 5.97 Å². The van der Waals surface area contributed by atoms with Crippen molar-refractivity contribution in [1.29, 1.82) is 0 Å². The van der Waals surface area contributed by atoms with Gasteiger partial charge in [-0.3, -0.25) is 0 Å². The molecule has 0 heterocycles. The largest absolute Gasteiger partial charge is 1.00 e. The van der Waals surface area contributed by atoms with Crippen LogP contribution in [-0.4, -0.2) is 13.1 Å². The minimum atomic E-state index is -1.24. The SMILES string of the molecule is COc1c(C(=O)[O-])cccc1-c1ccccc1.[Na+]. The summed E-state index contributed by atoms with van der Waals surface area (Å²) in [5.41, 5.74) is 1.72. The van der Waals surface area contributed by atoms with Crippen molar-refractivity contribution in [3.63, 3.8) is 0 Å². The number of methoxy groups -OCH3 is 1. The van der Waals surface area contributed by atoms with Crippen LogP contribution in [0.3, 0.4) is 0 Å². The number of carboxylic acid groups (broad SMARTS) is 1. The van der Waals surface area contributed by atoms with Crippen LogP contribution in [0, 0.1) is 0 Å². The van der Waals surface area contributed by atoms with E-state index in [9.17, 15) is 9.90 Å². The first-order valence-electron chi connectivity index (χ1n) is 5.18. The van der Waals surface area contributed by atoms with Crippen molar-refractivity contribution in [2.24, 2.45) is 0 Å². The van der Waals surface area contributed by atoms with Gasteiger partial charge in [-0.05, 0) is 11.6 Å². The molecule has 4 heteroatoms. The van der Waals surface area contributed by atoms with Crippen molar-refractivity contribution in [3.8, 4) is 16.9 Å². The van der Waals surface area contributed by atoms with Gasteiger partial charge in [0.15, 0.2) is 0 Å². The maximum Gasteiger partial charge on any atom is 1.00 e. The summed E-state index contributed by atoms with van der Waals surface area (Å²) in [6.45, 7) is 0. The summed E-state index contributed by atoms with van der Waals surface area (Å²) < 4.78 is 5.17. The van der Waals surface area contributed by atoms with Crippen LogP contribution >= 0.6 is 0 Å². The van der Waals surface area contributed by atoms with Crippen molar-refractivity contribution in [3.05, 3.63) is 54.1 Å². The zero-order valence-corrected chi connectivity index (χ0v) is 12.3. The van der Waals surface area contributed by atoms with Gasteiger partial charge in [-0.1, -0.05) is 42.5 Å². The molecule has 0 atom stereocenters. The first kappa shape index (κ1) is 14.8. The first-order valence-corrected chi connectivity index (χ1v) is 5.18. The van der Waals surface area contributed by atoms with E-state index in [4.69, 9.17) is 4.74 Å². The van der Waals surface area contributed by atoms with E-state index in [0.29, 0.717) is 5.75 Å². The van der Waals surface area contributed by atoms with Crippen LogP contribution in [0.4, 0.5) is 0 Å². The van der Waals surface area contributed by atoms with Crippen molar-refractivity contribution in [1.82, 2.24) is 0 Å². The summed E-state index contributed by atoms with van der Waals surface area (Å²) in [6.07, 6.45) is 0. The molecule has 2 rings (SSSR count). The molecule has 0 unspecified atom stereocenters. The van der Waals surface area contributed by atoms with E-state index in [2.05, 4.69) is 0 Å². The third kappa shape index (κ3) is 2.93. The van der Waals surface area contributed by atoms with E-state index in [-0.39, 0.29) is 35.1 Å². The molecule has 0 bridgehead atoms. The minimum Gasteiger partial charge on any atom is -0.545 e. The fourth-order valence-electron chi connectivity index (χ4n) is 1.76. The molecule has 2 aromatic rings. The van der Waals surface area contributed by atoms with E-state index in [0.717, 1.165) is 11.1 Å². The molecule has 0 spiro atoms. The van der Waals surface area contributed by atoms with Gasteiger partial charge in [0.25, 0.3) is 0 Å². The van der Waals surface area contributed by atoms with Gasteiger partial charge in [0, 0.05) is 11.1 Å². The average Bonchev–Trinajstić information content (AvgIpc) is 2.38. The number of carbonyl (C=O) groups excluding carboxylic acids is 1. The smallest absolute Gasteiger partial charge is 0.545 e. The van der Waals surface area contributed by atoms with Gasteiger partial charge < -0.3 is 14.6 Å². The molecule has 0 N–H and O–H groups in total. The predicted molar refractivity (Wildman–Crippen MR) is 62.8 cm³/mol. The van der Waals surface area contributed by atoms with Gasteiger partial charge in [-0.15, -0.1) is 0 Å². The van der Waals surface area contributed by atoms with Gasteiger partial charge >= 0.3 is 29.6 Å². The Hall–Kier alpha value is -1.29. The van der Waals surface area contributed by atoms with E-state index in [1.807, 2.05) is 36.4 Å². The fraction of sp³-hybridized carbons (Fsp3) is 0.0714. The van der Waals surface area contributed by atoms with Crippen LogP contribution in [0.25, 0.3) is 11.1 Å². The summed E-state index contributed by atoms with van der Waals surface area (Å²) in [5, 5.41) is 11.0. The van der Waals surface area contributed by atoms with E-state index in [1.54, 1.807) is 6.07 Å². The Kier molecular flexibility index (Phi) is 5.41. The number of carboxylic acids is 1. The third-order valence-electron chi connectivity index (χ3n) is 2.52. The van der Waals surface area contributed by atoms with E-state index >= 15 is 0 Å². The quantitative estimate of drug-likeness (QED) is 0.638. The van der Waals surface area contributed by atoms with Crippen LogP contribution in [-0.2, 0) is 0 Å². The summed E-state index contributed by atoms with van der Waals surface area (Å²) in [4.78, 5) is 11.0. The topological polar surface area (TPSA) is 49.4 Å². The summed E-state index contributed by atoms with van der Waals surface area (Å²) in [6, 6.07) is 14.4. The van der Waals surface area contributed by atoms with Gasteiger partial charge in [-0.25, -0.2) is 0 Å². The molecule has 0 aromatic heterocycles. The van der Waals surface area contributed by atoms with Crippen LogP contribution < -0.4 is 39.4 Å². The minimum absolute atomic E-state index is 0. The molecule has 2 aromatic carbocycles. The summed E-state index contributed by atoms with van der Waals surface area (Å²) >= 11 is 0. The predicted octanol–water partition coefficient (Wildman–Crippen LogP) is -1.27. The molecule has 0 amide bonds. The average molecular weight is 250 g/mol. The van der Waals surface area contributed by atoms with E-state index in [1.165, 1.54) is 13.2 Å². The molecule has 0 saturated carbocycles. The van der Waals surface area contributed by atoms with Crippen LogP contribution in [0.2, 0.25) is 0 Å². The summed E-state index contributed by atoms with van der Waals surface area (Å²) in [7, 11) is 1.45. The molecular formula is C14H11NaO3. The Labute approximate surface area is 128 Å². The normalized spacial score (nSPS) is 9.39. The Balaban J connectivity index is 0.00000162. The number of benzene rings is 2. The number of para-hydroxylation sites is 1. The van der Waals surface area contributed by atoms with Crippen molar-refractivity contribution in [2.45, 2.75) is 0 Å². The second-order valence-corrected chi connectivity index (χ2v) is 3.54. The van der Waals surface area contributed by atoms with E-state index < -0.39 is 5.97 Å². The molecule has 0 aliphatic rings.